The molecule has 3 rings (SSSR count). The van der Waals surface area contributed by atoms with Crippen LogP contribution in [0.4, 0.5) is 0 Å². The lowest BCUT2D eigenvalue weighted by Crippen LogP contribution is -2.26. The largest absolute Gasteiger partial charge is 0.312 e. The van der Waals surface area contributed by atoms with E-state index in [2.05, 4.69) is 10.3 Å². The Hall–Kier alpha value is -0.670. The second-order valence-electron chi connectivity index (χ2n) is 5.06. The lowest BCUT2D eigenvalue weighted by molar-refractivity contribution is 0.426. The third-order valence-corrected chi connectivity index (χ3v) is 4.18. The molecule has 92 valence electrons. The van der Waals surface area contributed by atoms with Gasteiger partial charge in [0.05, 0.1) is 5.69 Å². The van der Waals surface area contributed by atoms with Gasteiger partial charge in [-0.25, -0.2) is 9.97 Å². The zero-order chi connectivity index (χ0) is 11.7. The van der Waals surface area contributed by atoms with Gasteiger partial charge in [0, 0.05) is 31.0 Å². The second-order valence-corrected chi connectivity index (χ2v) is 5.42. The van der Waals surface area contributed by atoms with Crippen LogP contribution in [0.3, 0.4) is 0 Å². The Kier molecular flexibility index (Phi) is 3.30. The Morgan fingerprint density at radius 2 is 1.94 bits per heavy atom. The number of hydrogen-bond acceptors (Lipinski definition) is 3. The van der Waals surface area contributed by atoms with Crippen molar-refractivity contribution in [2.75, 3.05) is 6.54 Å². The maximum absolute atomic E-state index is 6.28. The van der Waals surface area contributed by atoms with Crippen LogP contribution in [0, 0.1) is 0 Å². The standard InChI is InChI=1S/C13H18ClN3/c14-12-10-8-15-7-6-11(10)16-13(17-12)9-4-2-1-3-5-9/h9,15H,1-8H2. The molecular formula is C13H18ClN3. The highest BCUT2D eigenvalue weighted by Crippen LogP contribution is 2.32. The fourth-order valence-corrected chi connectivity index (χ4v) is 3.13. The molecule has 1 aromatic heterocycles. The van der Waals surface area contributed by atoms with Gasteiger partial charge >= 0.3 is 0 Å². The first-order chi connectivity index (χ1) is 8.34. The molecule has 1 aliphatic heterocycles. The molecule has 0 radical (unpaired) electrons. The molecule has 0 unspecified atom stereocenters. The van der Waals surface area contributed by atoms with Gasteiger partial charge in [-0.05, 0) is 12.8 Å². The van der Waals surface area contributed by atoms with Crippen molar-refractivity contribution < 1.29 is 0 Å². The van der Waals surface area contributed by atoms with Crippen LogP contribution in [0.15, 0.2) is 0 Å². The molecule has 2 aliphatic rings. The van der Waals surface area contributed by atoms with E-state index in [1.54, 1.807) is 0 Å². The molecule has 1 aromatic rings. The van der Waals surface area contributed by atoms with E-state index in [9.17, 15) is 0 Å². The molecule has 0 amide bonds. The summed E-state index contributed by atoms with van der Waals surface area (Å²) in [5, 5.41) is 3.99. The number of hydrogen-bond donors (Lipinski definition) is 1. The summed E-state index contributed by atoms with van der Waals surface area (Å²) >= 11 is 6.28. The smallest absolute Gasteiger partial charge is 0.137 e. The molecular weight excluding hydrogens is 234 g/mol. The van der Waals surface area contributed by atoms with Crippen molar-refractivity contribution in [2.45, 2.75) is 51.0 Å². The molecule has 4 heteroatoms. The van der Waals surface area contributed by atoms with Gasteiger partial charge in [0.2, 0.25) is 0 Å². The number of fused-ring (bicyclic) bond motifs is 1. The van der Waals surface area contributed by atoms with Crippen molar-refractivity contribution in [2.24, 2.45) is 0 Å². The van der Waals surface area contributed by atoms with Crippen molar-refractivity contribution >= 4 is 11.6 Å². The summed E-state index contributed by atoms with van der Waals surface area (Å²) in [5.41, 5.74) is 2.28. The average Bonchev–Trinajstić information content (AvgIpc) is 2.40. The third-order valence-electron chi connectivity index (χ3n) is 3.87. The third kappa shape index (κ3) is 2.31. The van der Waals surface area contributed by atoms with Crippen molar-refractivity contribution in [3.8, 4) is 0 Å². The van der Waals surface area contributed by atoms with E-state index in [4.69, 9.17) is 16.6 Å². The lowest BCUT2D eigenvalue weighted by Gasteiger charge is -2.23. The first kappa shape index (κ1) is 11.4. The molecule has 17 heavy (non-hydrogen) atoms. The van der Waals surface area contributed by atoms with Crippen LogP contribution in [-0.4, -0.2) is 16.5 Å². The Morgan fingerprint density at radius 3 is 2.76 bits per heavy atom. The summed E-state index contributed by atoms with van der Waals surface area (Å²) in [6, 6.07) is 0. The topological polar surface area (TPSA) is 37.8 Å². The van der Waals surface area contributed by atoms with Crippen molar-refractivity contribution in [1.82, 2.24) is 15.3 Å². The normalized spacial score (nSPS) is 21.2. The summed E-state index contributed by atoms with van der Waals surface area (Å²) in [7, 11) is 0. The molecule has 1 saturated carbocycles. The molecule has 1 N–H and O–H groups in total. The van der Waals surface area contributed by atoms with Gasteiger partial charge < -0.3 is 5.32 Å². The quantitative estimate of drug-likeness (QED) is 0.780. The minimum Gasteiger partial charge on any atom is -0.312 e. The van der Waals surface area contributed by atoms with Crippen LogP contribution in [0.2, 0.25) is 5.15 Å². The molecule has 0 saturated heterocycles. The zero-order valence-corrected chi connectivity index (χ0v) is 10.8. The van der Waals surface area contributed by atoms with E-state index in [0.29, 0.717) is 11.1 Å². The van der Waals surface area contributed by atoms with Gasteiger partial charge in [0.1, 0.15) is 11.0 Å². The summed E-state index contributed by atoms with van der Waals surface area (Å²) in [6.07, 6.45) is 7.42. The SMILES string of the molecule is Clc1nc(C2CCCCC2)nc2c1CNCC2. The van der Waals surface area contributed by atoms with Crippen LogP contribution < -0.4 is 5.32 Å². The highest BCUT2D eigenvalue weighted by atomic mass is 35.5. The van der Waals surface area contributed by atoms with E-state index in [1.165, 1.54) is 37.8 Å². The summed E-state index contributed by atoms with van der Waals surface area (Å²) in [5.74, 6) is 1.54. The highest BCUT2D eigenvalue weighted by Gasteiger charge is 2.22. The van der Waals surface area contributed by atoms with E-state index < -0.39 is 0 Å². The summed E-state index contributed by atoms with van der Waals surface area (Å²) < 4.78 is 0. The number of nitrogens with zero attached hydrogens (tertiary/aromatic N) is 2. The van der Waals surface area contributed by atoms with E-state index in [1.807, 2.05) is 0 Å². The predicted molar refractivity (Wildman–Crippen MR) is 68.3 cm³/mol. The maximum Gasteiger partial charge on any atom is 0.137 e. The Bertz CT molecular complexity index is 413. The number of rotatable bonds is 1. The Balaban J connectivity index is 1.92. The Labute approximate surface area is 107 Å². The lowest BCUT2D eigenvalue weighted by atomic mass is 9.88. The monoisotopic (exact) mass is 251 g/mol. The molecule has 1 fully saturated rings. The minimum atomic E-state index is 0.543. The number of aromatic nitrogens is 2. The highest BCUT2D eigenvalue weighted by molar-refractivity contribution is 6.30. The second kappa shape index (κ2) is 4.91. The summed E-state index contributed by atoms with van der Waals surface area (Å²) in [4.78, 5) is 9.29. The molecule has 0 bridgehead atoms. The number of halogens is 1. The molecule has 0 atom stereocenters. The van der Waals surface area contributed by atoms with Crippen molar-refractivity contribution in [1.29, 1.82) is 0 Å². The van der Waals surface area contributed by atoms with Gasteiger partial charge in [0.15, 0.2) is 0 Å². The van der Waals surface area contributed by atoms with E-state index in [0.717, 1.165) is 30.9 Å². The van der Waals surface area contributed by atoms with Crippen LogP contribution in [0.25, 0.3) is 0 Å². The van der Waals surface area contributed by atoms with E-state index >= 15 is 0 Å². The van der Waals surface area contributed by atoms with Gasteiger partial charge in [-0.3, -0.25) is 0 Å². The first-order valence-electron chi connectivity index (χ1n) is 6.60. The van der Waals surface area contributed by atoms with Crippen LogP contribution in [0.5, 0.6) is 0 Å². The van der Waals surface area contributed by atoms with Crippen molar-refractivity contribution in [3.05, 3.63) is 22.2 Å². The minimum absolute atomic E-state index is 0.543. The fourth-order valence-electron chi connectivity index (χ4n) is 2.86. The van der Waals surface area contributed by atoms with Gasteiger partial charge in [-0.1, -0.05) is 30.9 Å². The fraction of sp³-hybridized carbons (Fsp3) is 0.692. The molecule has 0 spiro atoms. The Morgan fingerprint density at radius 1 is 1.12 bits per heavy atom. The molecule has 0 aromatic carbocycles. The van der Waals surface area contributed by atoms with E-state index in [-0.39, 0.29) is 0 Å². The average molecular weight is 252 g/mol. The van der Waals surface area contributed by atoms with Crippen LogP contribution in [0.1, 0.15) is 55.1 Å². The number of nitrogens with one attached hydrogen (secondary N) is 1. The van der Waals surface area contributed by atoms with Crippen molar-refractivity contribution in [3.63, 3.8) is 0 Å². The van der Waals surface area contributed by atoms with Gasteiger partial charge in [-0.15, -0.1) is 0 Å². The van der Waals surface area contributed by atoms with Gasteiger partial charge in [0.25, 0.3) is 0 Å². The molecule has 3 nitrogen and oxygen atoms in total. The predicted octanol–water partition coefficient (Wildman–Crippen LogP) is 2.82. The summed E-state index contributed by atoms with van der Waals surface area (Å²) in [6.45, 7) is 1.82. The van der Waals surface area contributed by atoms with Crippen LogP contribution in [-0.2, 0) is 13.0 Å². The zero-order valence-electron chi connectivity index (χ0n) is 10.0. The molecule has 1 aliphatic carbocycles. The van der Waals surface area contributed by atoms with Gasteiger partial charge in [-0.2, -0.15) is 0 Å². The maximum atomic E-state index is 6.28. The first-order valence-corrected chi connectivity index (χ1v) is 6.98. The van der Waals surface area contributed by atoms with Crippen LogP contribution >= 0.6 is 11.6 Å². The molecule has 2 heterocycles.